The summed E-state index contributed by atoms with van der Waals surface area (Å²) in [6.07, 6.45) is -14.8. The van der Waals surface area contributed by atoms with Crippen LogP contribution in [0.4, 0.5) is 4.79 Å². The number of amides is 9. The zero-order chi connectivity index (χ0) is 86.7. The van der Waals surface area contributed by atoms with Crippen LogP contribution in [0.25, 0.3) is 0 Å². The third-order valence-corrected chi connectivity index (χ3v) is 23.2. The number of ether oxygens (including phenoxy) is 6. The van der Waals surface area contributed by atoms with Crippen LogP contribution < -0.4 is 43.0 Å². The Bertz CT molecular complexity index is 4810. The van der Waals surface area contributed by atoms with E-state index in [0.717, 1.165) is 13.8 Å². The van der Waals surface area contributed by atoms with E-state index >= 15 is 19.2 Å². The molecule has 0 radical (unpaired) electrons. The molecule has 0 spiro atoms. The molecule has 1 unspecified atom stereocenters. The number of rotatable bonds is 26. The van der Waals surface area contributed by atoms with Crippen molar-refractivity contribution in [3.63, 3.8) is 0 Å². The number of carboxylic acids is 1. The van der Waals surface area contributed by atoms with Gasteiger partial charge >= 0.3 is 41.8 Å². The largest absolute Gasteiger partial charge is 0.481 e. The number of guanidine groups is 1. The average molecular weight is 1660 g/mol. The molecule has 4 bridgehead atoms. The number of hydrogen-bond donors (Lipinski definition) is 12. The number of carbonyl (C=O) groups is 15. The Kier molecular flexibility index (Phi) is 27.5. The van der Waals surface area contributed by atoms with Gasteiger partial charge in [0.1, 0.15) is 54.1 Å². The number of carbonyl (C=O) groups excluding carboxylic acids is 14. The minimum Gasteiger partial charge on any atom is -0.481 e. The average Bonchev–Trinajstić information content (AvgIpc) is 0.667. The third-order valence-electron chi connectivity index (χ3n) is 23.2. The number of nitrogens with zero attached hydrogens (tertiary/aromatic N) is 2. The predicted octanol–water partition coefficient (Wildman–Crippen LogP) is 2.82. The van der Waals surface area contributed by atoms with E-state index in [1.54, 1.807) is 109 Å². The van der Waals surface area contributed by atoms with Crippen molar-refractivity contribution in [1.82, 2.24) is 47.0 Å². The Labute approximate surface area is 689 Å². The van der Waals surface area contributed by atoms with Crippen LogP contribution in [0.3, 0.4) is 0 Å². The maximum absolute atomic E-state index is 16.0. The van der Waals surface area contributed by atoms with Gasteiger partial charge in [-0.2, -0.15) is 0 Å². The maximum atomic E-state index is 16.0. The van der Waals surface area contributed by atoms with Gasteiger partial charge < -0.3 is 91.2 Å². The predicted molar refractivity (Wildman–Crippen MR) is 420 cm³/mol. The second kappa shape index (κ2) is 37.5. The summed E-state index contributed by atoms with van der Waals surface area (Å²) < 4.78 is 37.2. The van der Waals surface area contributed by atoms with Gasteiger partial charge in [-0.25, -0.2) is 14.4 Å². The molecule has 6 fully saturated rings. The summed E-state index contributed by atoms with van der Waals surface area (Å²) in [4.78, 5) is 216. The van der Waals surface area contributed by atoms with Crippen molar-refractivity contribution < 1.29 is 116 Å². The van der Waals surface area contributed by atoms with Gasteiger partial charge in [-0.1, -0.05) is 135 Å². The second-order valence-corrected chi connectivity index (χ2v) is 31.4. The molecule has 4 aliphatic heterocycles. The number of ketones is 1. The number of nitrogens with two attached hydrogens (primary N) is 1. The Balaban J connectivity index is 0.855. The molecule has 9 amide bonds. The molecule has 636 valence electrons. The molecular formula is C85H97N11O24. The van der Waals surface area contributed by atoms with Gasteiger partial charge in [0.25, 0.3) is 11.8 Å². The topological polar surface area (TPSA) is 513 Å². The first-order chi connectivity index (χ1) is 57.0. The van der Waals surface area contributed by atoms with Gasteiger partial charge in [0.2, 0.25) is 35.6 Å². The Hall–Kier alpha value is -12.8. The van der Waals surface area contributed by atoms with Crippen molar-refractivity contribution in [3.05, 3.63) is 190 Å². The fourth-order valence-corrected chi connectivity index (χ4v) is 17.0. The van der Waals surface area contributed by atoms with Gasteiger partial charge in [0, 0.05) is 83.2 Å². The van der Waals surface area contributed by atoms with E-state index in [1.807, 2.05) is 5.32 Å². The molecule has 4 heterocycles. The number of aliphatic hydroxyl groups excluding tert-OH is 1. The Morgan fingerprint density at radius 2 is 1.31 bits per heavy atom. The summed E-state index contributed by atoms with van der Waals surface area (Å²) >= 11 is 0. The van der Waals surface area contributed by atoms with Crippen molar-refractivity contribution in [2.24, 2.45) is 22.5 Å². The molecule has 2 saturated carbocycles. The van der Waals surface area contributed by atoms with Gasteiger partial charge in [-0.3, -0.25) is 68.3 Å². The van der Waals surface area contributed by atoms with E-state index in [2.05, 4.69) is 31.9 Å². The number of imide groups is 1. The standard InChI is InChI=1S/C85H97N11O24/c1-46-59(40-85(114)72(119-78(111)54-26-17-10-18-27-54)70-83(6,60(99)39-61-84(70,45-115-61)120-48(3)98)71(105)68(116-47(2)97)66(46)82(85,4)5)117-79(112)69(67(52-22-13-8-14-23-52)93-73(106)53-24-15-9-16-25-53)118-65(104)36-35-62(100)89-41-49-29-31-51(32-30-49)44-96-58-42-90-74(107)56(38-64(102)103)92-81(113)94-75(108)55(28-19-37-88-80(86)87)91-63(101)34-33-57(76(96)109)95(77(58)110)43-50-20-11-7-12-21-50/h7-18,20-27,29-32,55-61,67-70,72,99,114H,19,28,33-45H2,1-6H3,(H,89,100)(H,90,107)(H,91,101)(H,93,106)(H,102,103)(H4,86,87,88)(H2,92,94,108,113)/t55-,56-,57+,58-,59+,60+,61-,67+,68-,69-,70?,72+,83-,84+,85-/m1/s1. The van der Waals surface area contributed by atoms with E-state index in [0.29, 0.717) is 16.7 Å². The smallest absolute Gasteiger partial charge is 0.350 e. The second-order valence-electron chi connectivity index (χ2n) is 31.4. The first kappa shape index (κ1) is 88.1. The molecule has 35 heteroatoms. The lowest BCUT2D eigenvalue weighted by molar-refractivity contribution is -0.346. The number of piperazine rings is 1. The first-order valence-corrected chi connectivity index (χ1v) is 39.2. The molecule has 4 saturated heterocycles. The number of carboxylic acid groups (broad SMARTS) is 1. The molecule has 13 N–H and O–H groups in total. The number of Topliss-reactive ketones (excluding diaryl/α,β-unsaturated/α-hetero) is 1. The lowest BCUT2D eigenvalue weighted by Crippen LogP contribution is -2.82. The van der Waals surface area contributed by atoms with Crippen LogP contribution in [0, 0.1) is 22.2 Å². The Morgan fingerprint density at radius 1 is 0.708 bits per heavy atom. The molecule has 0 aromatic heterocycles. The number of urea groups is 1. The van der Waals surface area contributed by atoms with Crippen LogP contribution in [-0.2, 0) is 106 Å². The zero-order valence-corrected chi connectivity index (χ0v) is 66.8. The van der Waals surface area contributed by atoms with Crippen molar-refractivity contribution in [1.29, 1.82) is 5.41 Å². The van der Waals surface area contributed by atoms with Crippen molar-refractivity contribution >= 4 is 94.9 Å². The number of benzene rings is 5. The minimum atomic E-state index is -2.60. The van der Waals surface area contributed by atoms with E-state index < -0.39 is 229 Å². The number of esters is 5. The molecule has 12 rings (SSSR count). The highest BCUT2D eigenvalue weighted by Gasteiger charge is 2.78. The molecule has 35 nitrogen and oxygen atoms in total. The minimum absolute atomic E-state index is 0.0197. The van der Waals surface area contributed by atoms with Crippen LogP contribution in [0.5, 0.6) is 0 Å². The SMILES string of the molecule is CC(=O)O[C@H]1C(=O)[C@@]2(C)C([C@H](OC(=O)c3ccccc3)[C@]3(O)C[C@H](OC(=O)[C@H](OC(=O)CCC(=O)NCc4ccc(CN5C(=O)[C@@H]6CCC(=O)N[C@H](CCCNC(=N)N)C(=O)NC(=O)N[C@H](CC(=O)O)C(=O)NC[C@@H]5C(=O)N6Cc5ccccc5)cc4)[C@@H](NC(=O)c4ccccc4)c4ccccc4)C(C)=C1C3(C)C)[C@]1(OC(C)=O)CO[C@@H]1C[C@@H]2O. The van der Waals surface area contributed by atoms with E-state index in [-0.39, 0.29) is 85.7 Å². The van der Waals surface area contributed by atoms with E-state index in [4.69, 9.17) is 39.6 Å². The van der Waals surface area contributed by atoms with Gasteiger partial charge in [0.15, 0.2) is 23.4 Å². The normalized spacial score (nSPS) is 26.5. The van der Waals surface area contributed by atoms with Crippen molar-refractivity contribution in [2.45, 2.75) is 197 Å². The highest BCUT2D eigenvalue weighted by molar-refractivity contribution is 6.02. The van der Waals surface area contributed by atoms with Crippen molar-refractivity contribution in [3.8, 4) is 0 Å². The molecule has 5 aromatic carbocycles. The highest BCUT2D eigenvalue weighted by Crippen LogP contribution is 2.64. The number of aliphatic hydroxyl groups is 2. The zero-order valence-electron chi connectivity index (χ0n) is 66.8. The summed E-state index contributed by atoms with van der Waals surface area (Å²) in [5, 5.41) is 61.4. The van der Waals surface area contributed by atoms with Gasteiger partial charge in [-0.05, 0) is 90.8 Å². The van der Waals surface area contributed by atoms with E-state index in [1.165, 1.54) is 73.9 Å². The van der Waals surface area contributed by atoms with Gasteiger partial charge in [0.05, 0.1) is 42.4 Å². The number of hydrogen-bond acceptors (Lipinski definition) is 24. The van der Waals surface area contributed by atoms with E-state index in [9.17, 15) is 68.1 Å². The molecule has 15 atom stereocenters. The molecule has 7 aliphatic rings. The molecular weight excluding hydrogens is 1560 g/mol. The van der Waals surface area contributed by atoms with Gasteiger partial charge in [-0.15, -0.1) is 0 Å². The molecule has 3 aliphatic carbocycles. The van der Waals surface area contributed by atoms with Crippen LogP contribution in [0.15, 0.2) is 157 Å². The lowest BCUT2D eigenvalue weighted by atomic mass is 9.44. The number of nitrogens with one attached hydrogen (secondary N) is 8. The number of fused-ring (bicyclic) bond motifs is 19. The lowest BCUT2D eigenvalue weighted by Gasteiger charge is -2.67. The fraction of sp³-hybridized carbons (Fsp3) is 0.435. The van der Waals surface area contributed by atoms with Crippen LogP contribution >= 0.6 is 0 Å². The fourth-order valence-electron chi connectivity index (χ4n) is 17.0. The van der Waals surface area contributed by atoms with Crippen LogP contribution in [0.2, 0.25) is 0 Å². The summed E-state index contributed by atoms with van der Waals surface area (Å²) in [6.45, 7) is 6.34. The highest BCUT2D eigenvalue weighted by atomic mass is 16.6. The van der Waals surface area contributed by atoms with Crippen molar-refractivity contribution in [2.75, 3.05) is 19.7 Å². The van der Waals surface area contributed by atoms with Crippen LogP contribution in [0.1, 0.15) is 148 Å². The first-order valence-electron chi connectivity index (χ1n) is 39.2. The Morgan fingerprint density at radius 3 is 1.92 bits per heavy atom. The third kappa shape index (κ3) is 19.3. The summed E-state index contributed by atoms with van der Waals surface area (Å²) in [6, 6.07) is 29.2. The monoisotopic (exact) mass is 1660 g/mol. The number of aliphatic carboxylic acids is 1. The van der Waals surface area contributed by atoms with Crippen LogP contribution in [-0.4, -0.2) is 212 Å². The molecule has 5 aromatic rings. The maximum Gasteiger partial charge on any atom is 0.350 e. The summed E-state index contributed by atoms with van der Waals surface area (Å²) in [7, 11) is 0. The molecule has 120 heavy (non-hydrogen) atoms. The summed E-state index contributed by atoms with van der Waals surface area (Å²) in [5.74, 6) is -15.7. The quantitative estimate of drug-likeness (QED) is 0.00945. The summed E-state index contributed by atoms with van der Waals surface area (Å²) in [5.41, 5.74) is -1.54.